The zero-order valence-electron chi connectivity index (χ0n) is 10.6. The quantitative estimate of drug-likeness (QED) is 0.891. The molecule has 0 saturated carbocycles. The van der Waals surface area contributed by atoms with Gasteiger partial charge in [-0.1, -0.05) is 0 Å². The largest absolute Gasteiger partial charge is 0.385 e. The Kier molecular flexibility index (Phi) is 3.63. The van der Waals surface area contributed by atoms with Crippen LogP contribution in [0.4, 0.5) is 5.69 Å². The topological polar surface area (TPSA) is 53.6 Å². The Labute approximate surface area is 107 Å². The number of nitrogens with zero attached hydrogens (tertiary/aromatic N) is 3. The molecule has 1 aromatic heterocycles. The lowest BCUT2D eigenvalue weighted by molar-refractivity contribution is 0.789. The average Bonchev–Trinajstić information content (AvgIpc) is 2.75. The molecule has 1 aromatic carbocycles. The van der Waals surface area contributed by atoms with Gasteiger partial charge in [0.2, 0.25) is 0 Å². The van der Waals surface area contributed by atoms with Gasteiger partial charge in [-0.15, -0.1) is 0 Å². The van der Waals surface area contributed by atoms with E-state index >= 15 is 0 Å². The van der Waals surface area contributed by atoms with Gasteiger partial charge in [-0.3, -0.25) is 0 Å². The maximum atomic E-state index is 8.86. The van der Waals surface area contributed by atoms with Crippen LogP contribution in [0.5, 0.6) is 0 Å². The molecule has 4 heteroatoms. The molecule has 2 rings (SSSR count). The number of hydrogen-bond donors (Lipinski definition) is 1. The van der Waals surface area contributed by atoms with Gasteiger partial charge in [-0.25, -0.2) is 4.98 Å². The van der Waals surface area contributed by atoms with Crippen molar-refractivity contribution in [1.29, 1.82) is 5.26 Å². The van der Waals surface area contributed by atoms with Gasteiger partial charge in [0, 0.05) is 38.1 Å². The van der Waals surface area contributed by atoms with Crippen molar-refractivity contribution < 1.29 is 0 Å². The molecule has 92 valence electrons. The molecule has 0 fully saturated rings. The molecule has 18 heavy (non-hydrogen) atoms. The highest BCUT2D eigenvalue weighted by Crippen LogP contribution is 2.14. The van der Waals surface area contributed by atoms with Crippen molar-refractivity contribution in [2.45, 2.75) is 13.3 Å². The predicted octanol–water partition coefficient (Wildman–Crippen LogP) is 2.25. The van der Waals surface area contributed by atoms with Crippen LogP contribution < -0.4 is 5.32 Å². The normalized spacial score (nSPS) is 10.1. The molecule has 0 bridgehead atoms. The van der Waals surface area contributed by atoms with Gasteiger partial charge in [-0.2, -0.15) is 5.26 Å². The molecule has 0 spiro atoms. The van der Waals surface area contributed by atoms with Crippen molar-refractivity contribution in [3.05, 3.63) is 47.5 Å². The molecular formula is C14H16N4. The maximum absolute atomic E-state index is 8.86. The second kappa shape index (κ2) is 5.37. The predicted molar refractivity (Wildman–Crippen MR) is 71.3 cm³/mol. The van der Waals surface area contributed by atoms with Crippen LogP contribution in [0.15, 0.2) is 30.6 Å². The number of hydrogen-bond acceptors (Lipinski definition) is 3. The Morgan fingerprint density at radius 2 is 2.28 bits per heavy atom. The maximum Gasteiger partial charge on any atom is 0.110 e. The first-order valence-electron chi connectivity index (χ1n) is 5.91. The van der Waals surface area contributed by atoms with Crippen LogP contribution in [0.3, 0.4) is 0 Å². The van der Waals surface area contributed by atoms with E-state index in [-0.39, 0.29) is 0 Å². The highest BCUT2D eigenvalue weighted by molar-refractivity contribution is 5.51. The van der Waals surface area contributed by atoms with Crippen LogP contribution in [-0.2, 0) is 13.5 Å². The van der Waals surface area contributed by atoms with Crippen LogP contribution in [0.25, 0.3) is 0 Å². The molecule has 0 aliphatic carbocycles. The Balaban J connectivity index is 1.93. The summed E-state index contributed by atoms with van der Waals surface area (Å²) in [6.45, 7) is 2.78. The number of nitrogens with one attached hydrogen (secondary N) is 1. The number of benzene rings is 1. The Morgan fingerprint density at radius 3 is 2.89 bits per heavy atom. The molecule has 0 radical (unpaired) electrons. The highest BCUT2D eigenvalue weighted by Gasteiger charge is 2.01. The summed E-state index contributed by atoms with van der Waals surface area (Å²) in [4.78, 5) is 4.27. The van der Waals surface area contributed by atoms with Crippen molar-refractivity contribution in [3.63, 3.8) is 0 Å². The zero-order valence-corrected chi connectivity index (χ0v) is 10.6. The molecule has 2 aromatic rings. The molecule has 0 unspecified atom stereocenters. The Hall–Kier alpha value is -2.28. The first kappa shape index (κ1) is 12.2. The molecule has 0 aliphatic heterocycles. The lowest BCUT2D eigenvalue weighted by Crippen LogP contribution is -2.08. The Morgan fingerprint density at radius 1 is 1.44 bits per heavy atom. The van der Waals surface area contributed by atoms with E-state index in [0.29, 0.717) is 0 Å². The van der Waals surface area contributed by atoms with Gasteiger partial charge in [0.25, 0.3) is 0 Å². The van der Waals surface area contributed by atoms with Crippen LogP contribution in [0.2, 0.25) is 0 Å². The summed E-state index contributed by atoms with van der Waals surface area (Å²) < 4.78 is 2.02. The van der Waals surface area contributed by atoms with E-state index in [4.69, 9.17) is 5.26 Å². The van der Waals surface area contributed by atoms with Gasteiger partial charge in [0.15, 0.2) is 0 Å². The first-order valence-corrected chi connectivity index (χ1v) is 5.91. The van der Waals surface area contributed by atoms with E-state index in [1.54, 1.807) is 6.20 Å². The van der Waals surface area contributed by atoms with E-state index in [2.05, 4.69) is 16.4 Å². The molecule has 0 atom stereocenters. The third kappa shape index (κ3) is 2.69. The first-order chi connectivity index (χ1) is 8.70. The van der Waals surface area contributed by atoms with E-state index < -0.39 is 0 Å². The third-order valence-electron chi connectivity index (χ3n) is 2.95. The van der Waals surface area contributed by atoms with Gasteiger partial charge >= 0.3 is 0 Å². The standard InChI is InChI=1S/C14H16N4/c1-11-9-13(4-3-12(11)10-15)16-6-5-14-17-7-8-18(14)2/h3-4,7-9,16H,5-6H2,1-2H3. The fourth-order valence-electron chi connectivity index (χ4n) is 1.86. The minimum Gasteiger partial charge on any atom is -0.385 e. The van der Waals surface area contributed by atoms with Crippen molar-refractivity contribution in [2.75, 3.05) is 11.9 Å². The summed E-state index contributed by atoms with van der Waals surface area (Å²) in [5, 5.41) is 12.2. The molecule has 0 aliphatic rings. The van der Waals surface area contributed by atoms with Crippen LogP contribution in [0, 0.1) is 18.3 Å². The summed E-state index contributed by atoms with van der Waals surface area (Å²) in [6.07, 6.45) is 4.63. The van der Waals surface area contributed by atoms with Gasteiger partial charge in [-0.05, 0) is 30.7 Å². The Bertz CT molecular complexity index is 578. The fraction of sp³-hybridized carbons (Fsp3) is 0.286. The zero-order chi connectivity index (χ0) is 13.0. The number of aromatic nitrogens is 2. The molecular weight excluding hydrogens is 224 g/mol. The van der Waals surface area contributed by atoms with E-state index in [1.807, 2.05) is 42.9 Å². The third-order valence-corrected chi connectivity index (χ3v) is 2.95. The lowest BCUT2D eigenvalue weighted by Gasteiger charge is -2.08. The number of imidazole rings is 1. The number of rotatable bonds is 4. The summed E-state index contributed by atoms with van der Waals surface area (Å²) in [5.41, 5.74) is 2.77. The second-order valence-corrected chi connectivity index (χ2v) is 4.27. The van der Waals surface area contributed by atoms with E-state index in [0.717, 1.165) is 35.6 Å². The van der Waals surface area contributed by atoms with E-state index in [9.17, 15) is 0 Å². The molecule has 0 amide bonds. The minimum absolute atomic E-state index is 0.727. The lowest BCUT2D eigenvalue weighted by atomic mass is 10.1. The van der Waals surface area contributed by atoms with E-state index in [1.165, 1.54) is 0 Å². The van der Waals surface area contributed by atoms with Gasteiger partial charge in [0.05, 0.1) is 11.6 Å². The SMILES string of the molecule is Cc1cc(NCCc2nccn2C)ccc1C#N. The van der Waals surface area contributed by atoms with Gasteiger partial charge in [0.1, 0.15) is 5.82 Å². The van der Waals surface area contributed by atoms with Crippen molar-refractivity contribution >= 4 is 5.69 Å². The molecule has 1 heterocycles. The number of anilines is 1. The van der Waals surface area contributed by atoms with Crippen LogP contribution >= 0.6 is 0 Å². The molecule has 0 saturated heterocycles. The van der Waals surface area contributed by atoms with Crippen LogP contribution in [0.1, 0.15) is 17.0 Å². The average molecular weight is 240 g/mol. The highest BCUT2D eigenvalue weighted by atomic mass is 15.0. The number of nitriles is 1. The summed E-state index contributed by atoms with van der Waals surface area (Å²) in [7, 11) is 1.99. The summed E-state index contributed by atoms with van der Waals surface area (Å²) in [6, 6.07) is 7.94. The van der Waals surface area contributed by atoms with Gasteiger partial charge < -0.3 is 9.88 Å². The van der Waals surface area contributed by atoms with Crippen molar-refractivity contribution in [3.8, 4) is 6.07 Å². The van der Waals surface area contributed by atoms with Crippen molar-refractivity contribution in [1.82, 2.24) is 9.55 Å². The summed E-state index contributed by atoms with van der Waals surface area (Å²) in [5.74, 6) is 1.06. The summed E-state index contributed by atoms with van der Waals surface area (Å²) >= 11 is 0. The molecule has 4 nitrogen and oxygen atoms in total. The van der Waals surface area contributed by atoms with Crippen LogP contribution in [-0.4, -0.2) is 16.1 Å². The number of aryl methyl sites for hydroxylation is 2. The monoisotopic (exact) mass is 240 g/mol. The second-order valence-electron chi connectivity index (χ2n) is 4.27. The van der Waals surface area contributed by atoms with Crippen molar-refractivity contribution in [2.24, 2.45) is 7.05 Å². The minimum atomic E-state index is 0.727. The smallest absolute Gasteiger partial charge is 0.110 e. The fourth-order valence-corrected chi connectivity index (χ4v) is 1.86. The molecule has 1 N–H and O–H groups in total.